The first-order valence-electron chi connectivity index (χ1n) is 8.98. The molecular weight excluding hydrogens is 358 g/mol. The third-order valence-corrected chi connectivity index (χ3v) is 6.58. The van der Waals surface area contributed by atoms with Crippen LogP contribution in [0.15, 0.2) is 22.8 Å². The molecule has 0 aliphatic carbocycles. The van der Waals surface area contributed by atoms with Crippen LogP contribution >= 0.6 is 0 Å². The Balaban J connectivity index is 1.42. The van der Waals surface area contributed by atoms with Crippen molar-refractivity contribution in [3.63, 3.8) is 0 Å². The maximum Gasteiger partial charge on any atom is 0.289 e. The van der Waals surface area contributed by atoms with E-state index >= 15 is 0 Å². The van der Waals surface area contributed by atoms with E-state index in [1.807, 2.05) is 0 Å². The van der Waals surface area contributed by atoms with Crippen molar-refractivity contribution in [3.8, 4) is 0 Å². The van der Waals surface area contributed by atoms with Gasteiger partial charge in [-0.3, -0.25) is 14.5 Å². The first-order valence-corrected chi connectivity index (χ1v) is 10.8. The number of carbonyl (C=O) groups excluding carboxylic acids is 2. The third kappa shape index (κ3) is 4.85. The first-order chi connectivity index (χ1) is 12.4. The molecule has 1 atom stereocenters. The minimum absolute atomic E-state index is 0.0495. The highest BCUT2D eigenvalue weighted by Gasteiger charge is 2.30. The summed E-state index contributed by atoms with van der Waals surface area (Å²) in [7, 11) is -2.88. The molecule has 2 aliphatic heterocycles. The molecule has 1 aromatic heterocycles. The molecule has 144 valence electrons. The van der Waals surface area contributed by atoms with Crippen LogP contribution in [-0.2, 0) is 14.6 Å². The summed E-state index contributed by atoms with van der Waals surface area (Å²) in [6, 6.07) is 3.30. The van der Waals surface area contributed by atoms with E-state index in [1.165, 1.54) is 6.26 Å². The molecule has 9 heteroatoms. The molecule has 3 rings (SSSR count). The number of carbonyl (C=O) groups is 2. The highest BCUT2D eigenvalue weighted by atomic mass is 32.2. The van der Waals surface area contributed by atoms with E-state index in [1.54, 1.807) is 17.0 Å². The molecule has 0 bridgehead atoms. The number of sulfone groups is 1. The molecule has 0 spiro atoms. The van der Waals surface area contributed by atoms with Crippen LogP contribution in [0.2, 0.25) is 0 Å². The zero-order valence-corrected chi connectivity index (χ0v) is 15.5. The predicted octanol–water partition coefficient (Wildman–Crippen LogP) is -0.0216. The van der Waals surface area contributed by atoms with Crippen LogP contribution < -0.4 is 5.32 Å². The number of likely N-dealkylation sites (tertiary alicyclic amines) is 1. The van der Waals surface area contributed by atoms with Gasteiger partial charge in [-0.05, 0) is 25.0 Å². The molecule has 26 heavy (non-hydrogen) atoms. The Morgan fingerprint density at radius 2 is 2.00 bits per heavy atom. The average molecular weight is 383 g/mol. The lowest BCUT2D eigenvalue weighted by Crippen LogP contribution is -2.47. The number of hydrogen-bond donors (Lipinski definition) is 1. The van der Waals surface area contributed by atoms with Gasteiger partial charge in [0.2, 0.25) is 5.91 Å². The zero-order valence-electron chi connectivity index (χ0n) is 14.7. The van der Waals surface area contributed by atoms with Crippen LogP contribution in [-0.4, -0.2) is 80.8 Å². The van der Waals surface area contributed by atoms with E-state index in [2.05, 4.69) is 10.2 Å². The summed E-state index contributed by atoms with van der Waals surface area (Å²) in [5.74, 6) is 0.227. The Labute approximate surface area is 153 Å². The summed E-state index contributed by atoms with van der Waals surface area (Å²) in [5.41, 5.74) is 0. The van der Waals surface area contributed by atoms with E-state index in [9.17, 15) is 18.0 Å². The Morgan fingerprint density at radius 1 is 1.23 bits per heavy atom. The number of amides is 2. The van der Waals surface area contributed by atoms with Crippen molar-refractivity contribution in [3.05, 3.63) is 24.2 Å². The highest BCUT2D eigenvalue weighted by Crippen LogP contribution is 2.19. The van der Waals surface area contributed by atoms with E-state index in [-0.39, 0.29) is 29.2 Å². The zero-order chi connectivity index (χ0) is 18.6. The summed E-state index contributed by atoms with van der Waals surface area (Å²) in [6.45, 7) is 3.20. The lowest BCUT2D eigenvalue weighted by atomic mass is 9.97. The Hall–Kier alpha value is -1.87. The predicted molar refractivity (Wildman–Crippen MR) is 95.4 cm³/mol. The van der Waals surface area contributed by atoms with E-state index < -0.39 is 9.84 Å². The summed E-state index contributed by atoms with van der Waals surface area (Å²) in [6.07, 6.45) is 3.01. The van der Waals surface area contributed by atoms with Crippen LogP contribution in [0.1, 0.15) is 23.4 Å². The Morgan fingerprint density at radius 3 is 2.69 bits per heavy atom. The van der Waals surface area contributed by atoms with Crippen LogP contribution in [0.4, 0.5) is 0 Å². The molecule has 1 aromatic rings. The molecule has 2 amide bonds. The van der Waals surface area contributed by atoms with Gasteiger partial charge in [0.05, 0.1) is 23.7 Å². The maximum absolute atomic E-state index is 12.4. The number of furan rings is 1. The van der Waals surface area contributed by atoms with Crippen molar-refractivity contribution in [2.75, 3.05) is 50.8 Å². The van der Waals surface area contributed by atoms with Crippen LogP contribution in [0.5, 0.6) is 0 Å². The van der Waals surface area contributed by atoms with Crippen molar-refractivity contribution in [1.29, 1.82) is 0 Å². The molecular formula is C17H25N3O5S. The van der Waals surface area contributed by atoms with Crippen molar-refractivity contribution >= 4 is 21.7 Å². The van der Waals surface area contributed by atoms with Gasteiger partial charge in [0.15, 0.2) is 15.6 Å². The fourth-order valence-electron chi connectivity index (χ4n) is 3.39. The fraction of sp³-hybridized carbons (Fsp3) is 0.647. The second-order valence-electron chi connectivity index (χ2n) is 6.85. The molecule has 0 saturated carbocycles. The van der Waals surface area contributed by atoms with Gasteiger partial charge in [-0.2, -0.15) is 0 Å². The first kappa shape index (κ1) is 18.9. The van der Waals surface area contributed by atoms with Gasteiger partial charge in [0.1, 0.15) is 0 Å². The summed E-state index contributed by atoms with van der Waals surface area (Å²) >= 11 is 0. The summed E-state index contributed by atoms with van der Waals surface area (Å²) in [5, 5.41) is 2.92. The normalized spacial score (nSPS) is 23.5. The lowest BCUT2D eigenvalue weighted by molar-refractivity contribution is -0.126. The fourth-order valence-corrected chi connectivity index (χ4v) is 4.66. The van der Waals surface area contributed by atoms with Crippen LogP contribution in [0.3, 0.4) is 0 Å². The number of rotatable bonds is 5. The van der Waals surface area contributed by atoms with Gasteiger partial charge < -0.3 is 14.6 Å². The monoisotopic (exact) mass is 383 g/mol. The minimum atomic E-state index is -2.88. The molecule has 3 heterocycles. The molecule has 0 aromatic carbocycles. The minimum Gasteiger partial charge on any atom is -0.459 e. The van der Waals surface area contributed by atoms with Gasteiger partial charge >= 0.3 is 0 Å². The molecule has 1 unspecified atom stereocenters. The van der Waals surface area contributed by atoms with Gasteiger partial charge in [0.25, 0.3) is 5.91 Å². The SMILES string of the molecule is O=C(NCCN1CCS(=O)(=O)CC1)C1CCCN(C(=O)c2ccco2)C1. The molecule has 1 N–H and O–H groups in total. The van der Waals surface area contributed by atoms with Gasteiger partial charge in [0, 0.05) is 39.3 Å². The number of nitrogens with one attached hydrogen (secondary N) is 1. The van der Waals surface area contributed by atoms with E-state index in [0.717, 1.165) is 12.8 Å². The van der Waals surface area contributed by atoms with Crippen LogP contribution in [0.25, 0.3) is 0 Å². The summed E-state index contributed by atoms with van der Waals surface area (Å²) in [4.78, 5) is 28.5. The topological polar surface area (TPSA) is 99.9 Å². The largest absolute Gasteiger partial charge is 0.459 e. The quantitative estimate of drug-likeness (QED) is 0.767. The van der Waals surface area contributed by atoms with E-state index in [4.69, 9.17) is 4.42 Å². The average Bonchev–Trinajstić information content (AvgIpc) is 3.17. The number of nitrogens with zero attached hydrogens (tertiary/aromatic N) is 2. The number of hydrogen-bond acceptors (Lipinski definition) is 6. The third-order valence-electron chi connectivity index (χ3n) is 4.98. The molecule has 8 nitrogen and oxygen atoms in total. The smallest absolute Gasteiger partial charge is 0.289 e. The van der Waals surface area contributed by atoms with E-state index in [0.29, 0.717) is 45.0 Å². The molecule has 2 fully saturated rings. The van der Waals surface area contributed by atoms with Crippen LogP contribution in [0, 0.1) is 5.92 Å². The maximum atomic E-state index is 12.4. The van der Waals surface area contributed by atoms with Gasteiger partial charge in [-0.15, -0.1) is 0 Å². The Bertz CT molecular complexity index is 718. The van der Waals surface area contributed by atoms with Crippen molar-refractivity contribution in [2.45, 2.75) is 12.8 Å². The standard InChI is InChI=1S/C17H25N3O5S/c21-16(18-5-7-19-8-11-26(23,24)12-9-19)14-3-1-6-20(13-14)17(22)15-4-2-10-25-15/h2,4,10,14H,1,3,5-9,11-13H2,(H,18,21). The number of piperidine rings is 1. The summed E-state index contributed by atoms with van der Waals surface area (Å²) < 4.78 is 28.0. The Kier molecular flexibility index (Phi) is 5.98. The van der Waals surface area contributed by atoms with Gasteiger partial charge in [-0.25, -0.2) is 8.42 Å². The molecule has 0 radical (unpaired) electrons. The van der Waals surface area contributed by atoms with Gasteiger partial charge in [-0.1, -0.05) is 0 Å². The van der Waals surface area contributed by atoms with Crippen molar-refractivity contribution in [2.24, 2.45) is 5.92 Å². The highest BCUT2D eigenvalue weighted by molar-refractivity contribution is 7.91. The van der Waals surface area contributed by atoms with Crippen molar-refractivity contribution < 1.29 is 22.4 Å². The molecule has 2 aliphatic rings. The second kappa shape index (κ2) is 8.22. The lowest BCUT2D eigenvalue weighted by Gasteiger charge is -2.32. The molecule has 2 saturated heterocycles. The van der Waals surface area contributed by atoms with Crippen molar-refractivity contribution in [1.82, 2.24) is 15.1 Å². The second-order valence-corrected chi connectivity index (χ2v) is 9.16.